The fourth-order valence-electron chi connectivity index (χ4n) is 3.81. The molecule has 0 bridgehead atoms. The number of carbonyl (C=O) groups excluding carboxylic acids is 1. The van der Waals surface area contributed by atoms with Gasteiger partial charge in [0.15, 0.2) is 5.58 Å². The molecule has 144 valence electrons. The first kappa shape index (κ1) is 17.2. The van der Waals surface area contributed by atoms with Crippen LogP contribution in [-0.2, 0) is 5.54 Å². The lowest BCUT2D eigenvalue weighted by molar-refractivity contribution is 0.0883. The summed E-state index contributed by atoms with van der Waals surface area (Å²) in [5.74, 6) is -0.200. The van der Waals surface area contributed by atoms with Crippen molar-refractivity contribution in [2.24, 2.45) is 0 Å². The average Bonchev–Trinajstić information content (AvgIpc) is 3.13. The first-order chi connectivity index (χ1) is 14.2. The first-order valence-corrected chi connectivity index (χ1v) is 9.25. The topological polar surface area (TPSA) is 97.2 Å². The van der Waals surface area contributed by atoms with Gasteiger partial charge in [0.1, 0.15) is 17.0 Å². The standard InChI is InChI=1S/C22H17N3O4/c26-20(14-8-9-16-18(13-14)29-21(27)24-16)25-22(15-5-2-1-3-6-15)10-12-28-17-7-4-11-23-19(17)22/h1-9,11,13H,10,12H2,(H,24,27)(H,25,26). The third-order valence-corrected chi connectivity index (χ3v) is 5.19. The number of ether oxygens (including phenoxy) is 1. The average molecular weight is 387 g/mol. The number of carbonyl (C=O) groups is 1. The van der Waals surface area contributed by atoms with Crippen LogP contribution in [0.4, 0.5) is 0 Å². The molecule has 2 aromatic heterocycles. The fraction of sp³-hybridized carbons (Fsp3) is 0.136. The Morgan fingerprint density at radius 2 is 1.97 bits per heavy atom. The van der Waals surface area contributed by atoms with Gasteiger partial charge in [-0.2, -0.15) is 0 Å². The molecule has 2 aromatic carbocycles. The van der Waals surface area contributed by atoms with Gasteiger partial charge in [0.2, 0.25) is 0 Å². The number of nitrogens with zero attached hydrogens (tertiary/aromatic N) is 1. The number of pyridine rings is 1. The number of fused-ring (bicyclic) bond motifs is 2. The molecule has 29 heavy (non-hydrogen) atoms. The highest BCUT2D eigenvalue weighted by molar-refractivity contribution is 5.97. The third-order valence-electron chi connectivity index (χ3n) is 5.19. The minimum Gasteiger partial charge on any atom is -0.491 e. The molecular weight excluding hydrogens is 370 g/mol. The largest absolute Gasteiger partial charge is 0.491 e. The summed E-state index contributed by atoms with van der Waals surface area (Å²) in [6.45, 7) is 0.444. The van der Waals surface area contributed by atoms with E-state index in [4.69, 9.17) is 9.15 Å². The van der Waals surface area contributed by atoms with Gasteiger partial charge >= 0.3 is 5.76 Å². The molecule has 4 aromatic rings. The predicted molar refractivity (Wildman–Crippen MR) is 106 cm³/mol. The second-order valence-corrected chi connectivity index (χ2v) is 6.90. The molecule has 0 saturated carbocycles. The zero-order chi connectivity index (χ0) is 19.8. The molecular formula is C22H17N3O4. The van der Waals surface area contributed by atoms with E-state index in [0.29, 0.717) is 41.1 Å². The summed E-state index contributed by atoms with van der Waals surface area (Å²) in [5.41, 5.74) is 2.02. The van der Waals surface area contributed by atoms with Crippen molar-refractivity contribution in [2.45, 2.75) is 12.0 Å². The number of hydrogen-bond donors (Lipinski definition) is 2. The van der Waals surface area contributed by atoms with Crippen LogP contribution in [0.5, 0.6) is 5.75 Å². The Bertz CT molecular complexity index is 1260. The number of benzene rings is 2. The Balaban J connectivity index is 1.61. The first-order valence-electron chi connectivity index (χ1n) is 9.25. The maximum Gasteiger partial charge on any atom is 0.417 e. The van der Waals surface area contributed by atoms with Gasteiger partial charge in [-0.3, -0.25) is 14.8 Å². The van der Waals surface area contributed by atoms with Crippen molar-refractivity contribution in [3.63, 3.8) is 0 Å². The van der Waals surface area contributed by atoms with E-state index in [2.05, 4.69) is 15.3 Å². The summed E-state index contributed by atoms with van der Waals surface area (Å²) in [6.07, 6.45) is 2.23. The molecule has 5 rings (SSSR count). The highest BCUT2D eigenvalue weighted by atomic mass is 16.5. The summed E-state index contributed by atoms with van der Waals surface area (Å²) in [5, 5.41) is 3.18. The Morgan fingerprint density at radius 1 is 1.10 bits per heavy atom. The molecule has 0 radical (unpaired) electrons. The van der Waals surface area contributed by atoms with Gasteiger partial charge in [-0.25, -0.2) is 4.79 Å². The molecule has 1 unspecified atom stereocenters. The smallest absolute Gasteiger partial charge is 0.417 e. The number of oxazole rings is 1. The maximum absolute atomic E-state index is 13.2. The summed E-state index contributed by atoms with van der Waals surface area (Å²) in [4.78, 5) is 31.8. The molecule has 7 nitrogen and oxygen atoms in total. The Kier molecular flexibility index (Phi) is 3.94. The summed E-state index contributed by atoms with van der Waals surface area (Å²) >= 11 is 0. The van der Waals surface area contributed by atoms with E-state index < -0.39 is 11.3 Å². The third kappa shape index (κ3) is 2.87. The van der Waals surface area contributed by atoms with E-state index in [1.54, 1.807) is 24.4 Å². The lowest BCUT2D eigenvalue weighted by Gasteiger charge is -2.39. The quantitative estimate of drug-likeness (QED) is 0.563. The van der Waals surface area contributed by atoms with Crippen LogP contribution in [0.3, 0.4) is 0 Å². The van der Waals surface area contributed by atoms with Crippen LogP contribution >= 0.6 is 0 Å². The minimum absolute atomic E-state index is 0.293. The van der Waals surface area contributed by atoms with Gasteiger partial charge in [0.25, 0.3) is 5.91 Å². The van der Waals surface area contributed by atoms with E-state index in [9.17, 15) is 9.59 Å². The van der Waals surface area contributed by atoms with Crippen molar-refractivity contribution in [2.75, 3.05) is 6.61 Å². The van der Waals surface area contributed by atoms with E-state index >= 15 is 0 Å². The molecule has 1 aliphatic heterocycles. The molecule has 3 heterocycles. The van der Waals surface area contributed by atoms with Gasteiger partial charge in [-0.05, 0) is 35.9 Å². The number of H-pyrrole nitrogens is 1. The highest BCUT2D eigenvalue weighted by Crippen LogP contribution is 2.40. The van der Waals surface area contributed by atoms with E-state index in [1.165, 1.54) is 0 Å². The predicted octanol–water partition coefficient (Wildman–Crippen LogP) is 2.97. The molecule has 1 aliphatic rings. The monoisotopic (exact) mass is 387 g/mol. The van der Waals surface area contributed by atoms with Crippen LogP contribution in [0.15, 0.2) is 76.1 Å². The van der Waals surface area contributed by atoms with Crippen LogP contribution in [-0.4, -0.2) is 22.5 Å². The lowest BCUT2D eigenvalue weighted by Crippen LogP contribution is -2.50. The molecule has 1 atom stereocenters. The number of aromatic amines is 1. The Hall–Kier alpha value is -3.87. The van der Waals surface area contributed by atoms with E-state index in [0.717, 1.165) is 5.56 Å². The van der Waals surface area contributed by atoms with Crippen LogP contribution in [0.1, 0.15) is 28.0 Å². The number of hydrogen-bond acceptors (Lipinski definition) is 5. The number of amides is 1. The van der Waals surface area contributed by atoms with Gasteiger partial charge in [0.05, 0.1) is 12.1 Å². The van der Waals surface area contributed by atoms with Crippen LogP contribution < -0.4 is 15.8 Å². The van der Waals surface area contributed by atoms with Crippen molar-refractivity contribution in [3.8, 4) is 5.75 Å². The van der Waals surface area contributed by atoms with Crippen molar-refractivity contribution >= 4 is 17.0 Å². The molecule has 7 heteroatoms. The molecule has 0 aliphatic carbocycles. The minimum atomic E-state index is -0.832. The molecule has 0 spiro atoms. The van der Waals surface area contributed by atoms with Gasteiger partial charge in [0, 0.05) is 18.2 Å². The van der Waals surface area contributed by atoms with E-state index in [-0.39, 0.29) is 5.91 Å². The summed E-state index contributed by atoms with van der Waals surface area (Å²) < 4.78 is 10.9. The molecule has 2 N–H and O–H groups in total. The van der Waals surface area contributed by atoms with Gasteiger partial charge in [-0.15, -0.1) is 0 Å². The fourth-order valence-corrected chi connectivity index (χ4v) is 3.81. The Morgan fingerprint density at radius 3 is 2.83 bits per heavy atom. The lowest BCUT2D eigenvalue weighted by atomic mass is 9.81. The van der Waals surface area contributed by atoms with Crippen molar-refractivity contribution in [1.82, 2.24) is 15.3 Å². The highest BCUT2D eigenvalue weighted by Gasteiger charge is 2.42. The van der Waals surface area contributed by atoms with Crippen LogP contribution in [0, 0.1) is 0 Å². The van der Waals surface area contributed by atoms with Crippen molar-refractivity contribution in [1.29, 1.82) is 0 Å². The van der Waals surface area contributed by atoms with Crippen molar-refractivity contribution < 1.29 is 13.9 Å². The van der Waals surface area contributed by atoms with E-state index in [1.807, 2.05) is 42.5 Å². The second-order valence-electron chi connectivity index (χ2n) is 6.90. The van der Waals surface area contributed by atoms with Gasteiger partial charge in [-0.1, -0.05) is 30.3 Å². The van der Waals surface area contributed by atoms with Crippen LogP contribution in [0.25, 0.3) is 11.1 Å². The number of aromatic nitrogens is 2. The van der Waals surface area contributed by atoms with Crippen LogP contribution in [0.2, 0.25) is 0 Å². The zero-order valence-corrected chi connectivity index (χ0v) is 15.3. The summed E-state index contributed by atoms with van der Waals surface area (Å²) in [7, 11) is 0. The number of rotatable bonds is 3. The molecule has 0 saturated heterocycles. The molecule has 0 fully saturated rings. The SMILES string of the molecule is O=C(NC1(c2ccccc2)CCOc2cccnc21)c1ccc2[nH]c(=O)oc2c1. The zero-order valence-electron chi connectivity index (χ0n) is 15.3. The second kappa shape index (κ2) is 6.63. The Labute approximate surface area is 165 Å². The normalized spacial score (nSPS) is 18.1. The number of nitrogens with one attached hydrogen (secondary N) is 2. The maximum atomic E-state index is 13.2. The van der Waals surface area contributed by atoms with Gasteiger partial charge < -0.3 is 14.5 Å². The van der Waals surface area contributed by atoms with Crippen molar-refractivity contribution in [3.05, 3.63) is 94.2 Å². The molecule has 1 amide bonds. The summed E-state index contributed by atoms with van der Waals surface area (Å²) in [6, 6.07) is 18.3.